The lowest BCUT2D eigenvalue weighted by Crippen LogP contribution is -2.38. The van der Waals surface area contributed by atoms with Crippen molar-refractivity contribution in [3.8, 4) is 11.5 Å². The Hall–Kier alpha value is -4.40. The van der Waals surface area contributed by atoms with Gasteiger partial charge in [-0.25, -0.2) is 0 Å². The first kappa shape index (κ1) is 29.1. The molecule has 9 heteroatoms. The SMILES string of the molecule is COc1ccc([C@@H]2CC(=O)C3=C(C2)N=C(C)C(C(=O)OCc2ccccc2)[C@@H]3c2ccc(C(F)(F)F)cc2)cc1OC. The van der Waals surface area contributed by atoms with E-state index in [4.69, 9.17) is 19.2 Å². The fourth-order valence-electron chi connectivity index (χ4n) is 5.77. The van der Waals surface area contributed by atoms with E-state index in [2.05, 4.69) is 0 Å². The summed E-state index contributed by atoms with van der Waals surface area (Å²) in [6.45, 7) is 1.71. The monoisotopic (exact) mass is 577 g/mol. The van der Waals surface area contributed by atoms with E-state index in [1.807, 2.05) is 42.5 Å². The number of rotatable bonds is 7. The second-order valence-electron chi connectivity index (χ2n) is 10.4. The molecule has 42 heavy (non-hydrogen) atoms. The Labute approximate surface area is 241 Å². The van der Waals surface area contributed by atoms with Crippen molar-refractivity contribution in [3.63, 3.8) is 0 Å². The molecule has 1 unspecified atom stereocenters. The van der Waals surface area contributed by atoms with E-state index in [-0.39, 0.29) is 24.7 Å². The van der Waals surface area contributed by atoms with Crippen molar-refractivity contribution in [1.82, 2.24) is 0 Å². The first-order valence-electron chi connectivity index (χ1n) is 13.5. The number of halogens is 3. The molecular weight excluding hydrogens is 547 g/mol. The van der Waals surface area contributed by atoms with Crippen LogP contribution in [0.1, 0.15) is 53.9 Å². The third-order valence-electron chi connectivity index (χ3n) is 7.84. The molecule has 218 valence electrons. The summed E-state index contributed by atoms with van der Waals surface area (Å²) in [7, 11) is 3.08. The Morgan fingerprint density at radius 2 is 1.57 bits per heavy atom. The zero-order valence-electron chi connectivity index (χ0n) is 23.4. The number of esters is 1. The Morgan fingerprint density at radius 1 is 0.905 bits per heavy atom. The van der Waals surface area contributed by atoms with Crippen molar-refractivity contribution in [1.29, 1.82) is 0 Å². The van der Waals surface area contributed by atoms with E-state index >= 15 is 0 Å². The van der Waals surface area contributed by atoms with E-state index in [0.717, 1.165) is 23.3 Å². The number of ketones is 1. The van der Waals surface area contributed by atoms with Crippen LogP contribution in [0.3, 0.4) is 0 Å². The van der Waals surface area contributed by atoms with Gasteiger partial charge in [0.05, 0.1) is 19.8 Å². The molecule has 0 N–H and O–H groups in total. The van der Waals surface area contributed by atoms with Crippen molar-refractivity contribution in [2.24, 2.45) is 10.9 Å². The largest absolute Gasteiger partial charge is 0.493 e. The van der Waals surface area contributed by atoms with Crippen molar-refractivity contribution < 1.29 is 37.0 Å². The van der Waals surface area contributed by atoms with E-state index in [0.29, 0.717) is 40.5 Å². The minimum atomic E-state index is -4.52. The van der Waals surface area contributed by atoms with Crippen LogP contribution in [0.15, 0.2) is 89.1 Å². The van der Waals surface area contributed by atoms with Gasteiger partial charge in [0, 0.05) is 29.3 Å². The molecule has 3 atom stereocenters. The second kappa shape index (κ2) is 11.8. The number of methoxy groups -OCH3 is 2. The maximum absolute atomic E-state index is 13.8. The van der Waals surface area contributed by atoms with Crippen LogP contribution in [0.2, 0.25) is 0 Å². The van der Waals surface area contributed by atoms with Gasteiger partial charge >= 0.3 is 12.1 Å². The molecule has 2 aliphatic rings. The summed E-state index contributed by atoms with van der Waals surface area (Å²) in [4.78, 5) is 32.1. The van der Waals surface area contributed by atoms with Crippen molar-refractivity contribution >= 4 is 17.5 Å². The fraction of sp³-hybridized carbons (Fsp3) is 0.303. The van der Waals surface area contributed by atoms with Gasteiger partial charge in [-0.05, 0) is 60.2 Å². The molecule has 0 saturated heterocycles. The second-order valence-corrected chi connectivity index (χ2v) is 10.4. The van der Waals surface area contributed by atoms with E-state index in [1.165, 1.54) is 19.2 Å². The van der Waals surface area contributed by atoms with Gasteiger partial charge in [-0.3, -0.25) is 14.6 Å². The summed E-state index contributed by atoms with van der Waals surface area (Å²) >= 11 is 0. The van der Waals surface area contributed by atoms with Gasteiger partial charge in [-0.15, -0.1) is 0 Å². The van der Waals surface area contributed by atoms with E-state index < -0.39 is 29.5 Å². The molecule has 0 bridgehead atoms. The van der Waals surface area contributed by atoms with Crippen molar-refractivity contribution in [3.05, 3.63) is 106 Å². The number of alkyl halides is 3. The number of hydrogen-bond acceptors (Lipinski definition) is 6. The standard InChI is InChI=1S/C33H30F3NO5/c1-19-29(32(39)42-18-20-7-5-4-6-8-20)30(21-9-12-24(13-10-21)33(34,35)36)31-25(37-19)15-23(16-26(31)38)22-11-14-27(40-2)28(17-22)41-3/h4-14,17,23,29-30H,15-16,18H2,1-3H3/t23-,29?,30-/m0/s1. The molecule has 1 aliphatic carbocycles. The van der Waals surface area contributed by atoms with Crippen molar-refractivity contribution in [2.45, 2.75) is 44.4 Å². The lowest BCUT2D eigenvalue weighted by atomic mass is 9.69. The number of benzene rings is 3. The number of Topliss-reactive ketones (excluding diaryl/α,β-unsaturated/α-hetero) is 1. The molecule has 0 aromatic heterocycles. The summed E-state index contributed by atoms with van der Waals surface area (Å²) in [6.07, 6.45) is -3.96. The lowest BCUT2D eigenvalue weighted by Gasteiger charge is -2.36. The van der Waals surface area contributed by atoms with Gasteiger partial charge in [-0.2, -0.15) is 13.2 Å². The average Bonchev–Trinajstić information content (AvgIpc) is 2.98. The molecule has 3 aromatic carbocycles. The third kappa shape index (κ3) is 5.82. The Balaban J connectivity index is 1.52. The van der Waals surface area contributed by atoms with Crippen LogP contribution in [0, 0.1) is 5.92 Å². The molecule has 0 radical (unpaired) electrons. The zero-order chi connectivity index (χ0) is 30.0. The van der Waals surface area contributed by atoms with Crippen LogP contribution in [0.25, 0.3) is 0 Å². The Morgan fingerprint density at radius 3 is 2.21 bits per heavy atom. The molecule has 6 nitrogen and oxygen atoms in total. The summed E-state index contributed by atoms with van der Waals surface area (Å²) in [5.41, 5.74) is 2.58. The normalized spacial score (nSPS) is 20.5. The minimum absolute atomic E-state index is 0.0183. The smallest absolute Gasteiger partial charge is 0.416 e. The maximum Gasteiger partial charge on any atom is 0.416 e. The number of carbonyl (C=O) groups excluding carboxylic acids is 2. The van der Waals surface area contributed by atoms with Crippen LogP contribution < -0.4 is 9.47 Å². The molecular formula is C33H30F3NO5. The van der Waals surface area contributed by atoms with E-state index in [9.17, 15) is 22.8 Å². The highest BCUT2D eigenvalue weighted by Gasteiger charge is 2.45. The molecule has 1 aliphatic heterocycles. The quantitative estimate of drug-likeness (QED) is 0.282. The highest BCUT2D eigenvalue weighted by molar-refractivity contribution is 6.09. The van der Waals surface area contributed by atoms with Gasteiger partial charge < -0.3 is 14.2 Å². The maximum atomic E-state index is 13.8. The Bertz CT molecular complexity index is 1540. The first-order chi connectivity index (χ1) is 20.1. The highest BCUT2D eigenvalue weighted by Crippen LogP contribution is 2.48. The summed E-state index contributed by atoms with van der Waals surface area (Å²) in [6, 6.07) is 19.3. The molecule has 0 amide bonds. The molecule has 0 fully saturated rings. The van der Waals surface area contributed by atoms with Crippen LogP contribution >= 0.6 is 0 Å². The van der Waals surface area contributed by atoms with Gasteiger partial charge in [-0.1, -0.05) is 48.5 Å². The van der Waals surface area contributed by atoms with Gasteiger partial charge in [0.25, 0.3) is 0 Å². The van der Waals surface area contributed by atoms with E-state index in [1.54, 1.807) is 20.1 Å². The molecule has 3 aromatic rings. The first-order valence-corrected chi connectivity index (χ1v) is 13.5. The summed E-state index contributed by atoms with van der Waals surface area (Å²) < 4.78 is 56.5. The van der Waals surface area contributed by atoms with Gasteiger partial charge in [0.15, 0.2) is 17.3 Å². The zero-order valence-corrected chi connectivity index (χ0v) is 23.4. The predicted molar refractivity (Wildman–Crippen MR) is 151 cm³/mol. The van der Waals surface area contributed by atoms with Crippen LogP contribution in [0.4, 0.5) is 13.2 Å². The number of ether oxygens (including phenoxy) is 3. The topological polar surface area (TPSA) is 74.2 Å². The number of nitrogens with zero attached hydrogens (tertiary/aromatic N) is 1. The van der Waals surface area contributed by atoms with Gasteiger partial charge in [0.2, 0.25) is 0 Å². The fourth-order valence-corrected chi connectivity index (χ4v) is 5.77. The molecule has 0 spiro atoms. The van der Waals surface area contributed by atoms with Crippen LogP contribution in [-0.4, -0.2) is 31.7 Å². The number of allylic oxidation sites excluding steroid dienone is 2. The highest BCUT2D eigenvalue weighted by atomic mass is 19.4. The minimum Gasteiger partial charge on any atom is -0.493 e. The third-order valence-corrected chi connectivity index (χ3v) is 7.84. The van der Waals surface area contributed by atoms with Crippen LogP contribution in [-0.2, 0) is 27.1 Å². The molecule has 1 heterocycles. The number of carbonyl (C=O) groups is 2. The lowest BCUT2D eigenvalue weighted by molar-refractivity contribution is -0.148. The summed E-state index contributed by atoms with van der Waals surface area (Å²) in [5, 5.41) is 0. The Kier molecular flexibility index (Phi) is 8.20. The van der Waals surface area contributed by atoms with Gasteiger partial charge in [0.1, 0.15) is 12.5 Å². The number of hydrogen-bond donors (Lipinski definition) is 0. The molecule has 5 rings (SSSR count). The van der Waals surface area contributed by atoms with Crippen LogP contribution in [0.5, 0.6) is 11.5 Å². The average molecular weight is 578 g/mol. The van der Waals surface area contributed by atoms with Crippen molar-refractivity contribution in [2.75, 3.05) is 14.2 Å². The number of aliphatic imine (C=N–C) groups is 1. The predicted octanol–water partition coefficient (Wildman–Crippen LogP) is 7.04. The molecule has 0 saturated carbocycles. The summed E-state index contributed by atoms with van der Waals surface area (Å²) in [5.74, 6) is -1.71.